The summed E-state index contributed by atoms with van der Waals surface area (Å²) in [5, 5.41) is 3.38. The Morgan fingerprint density at radius 1 is 1.35 bits per heavy atom. The van der Waals surface area contributed by atoms with E-state index in [1.807, 2.05) is 0 Å². The minimum absolute atomic E-state index is 0.104. The second-order valence-corrected chi connectivity index (χ2v) is 6.07. The predicted molar refractivity (Wildman–Crippen MR) is 72.0 cm³/mol. The van der Waals surface area contributed by atoms with Gasteiger partial charge in [0.15, 0.2) is 0 Å². The first kappa shape index (κ1) is 14.5. The van der Waals surface area contributed by atoms with Crippen LogP contribution in [0.2, 0.25) is 0 Å². The third kappa shape index (κ3) is 5.07. The number of amides is 1. The van der Waals surface area contributed by atoms with Crippen LogP contribution in [0.5, 0.6) is 0 Å². The fourth-order valence-electron chi connectivity index (χ4n) is 2.44. The highest BCUT2D eigenvalue weighted by Gasteiger charge is 2.24. The third-order valence-corrected chi connectivity index (χ3v) is 3.41. The molecule has 1 aliphatic rings. The summed E-state index contributed by atoms with van der Waals surface area (Å²) in [7, 11) is 0. The van der Waals surface area contributed by atoms with Gasteiger partial charge in [-0.2, -0.15) is 0 Å². The van der Waals surface area contributed by atoms with Gasteiger partial charge in [-0.05, 0) is 46.5 Å². The zero-order valence-corrected chi connectivity index (χ0v) is 11.9. The van der Waals surface area contributed by atoms with Crippen LogP contribution in [0, 0.1) is 0 Å². The van der Waals surface area contributed by atoms with Crippen molar-refractivity contribution in [2.75, 3.05) is 13.1 Å². The normalized spacial score (nSPS) is 21.6. The molecule has 1 atom stereocenters. The van der Waals surface area contributed by atoms with Crippen LogP contribution < -0.4 is 5.32 Å². The van der Waals surface area contributed by atoms with Gasteiger partial charge in [-0.25, -0.2) is 0 Å². The van der Waals surface area contributed by atoms with Gasteiger partial charge in [0.05, 0.1) is 0 Å². The van der Waals surface area contributed by atoms with Crippen molar-refractivity contribution in [3.63, 3.8) is 0 Å². The molecule has 0 aliphatic carbocycles. The van der Waals surface area contributed by atoms with E-state index in [1.54, 1.807) is 0 Å². The number of nitrogens with zero attached hydrogens (tertiary/aromatic N) is 1. The molecule has 0 aromatic rings. The molecular weight excluding hydrogens is 212 g/mol. The third-order valence-electron chi connectivity index (χ3n) is 3.41. The van der Waals surface area contributed by atoms with Gasteiger partial charge >= 0.3 is 0 Å². The molecule has 0 saturated carbocycles. The van der Waals surface area contributed by atoms with E-state index < -0.39 is 0 Å². The monoisotopic (exact) mass is 240 g/mol. The van der Waals surface area contributed by atoms with Gasteiger partial charge in [-0.1, -0.05) is 6.92 Å². The summed E-state index contributed by atoms with van der Waals surface area (Å²) in [5.74, 6) is 0.327. The highest BCUT2D eigenvalue weighted by Crippen LogP contribution is 2.20. The molecule has 0 aromatic carbocycles. The minimum atomic E-state index is 0.104. The fraction of sp³-hybridized carbons (Fsp3) is 0.929. The Bertz CT molecular complexity index is 245. The van der Waals surface area contributed by atoms with E-state index >= 15 is 0 Å². The van der Waals surface area contributed by atoms with E-state index in [0.717, 1.165) is 19.5 Å². The second kappa shape index (κ2) is 6.39. The van der Waals surface area contributed by atoms with E-state index in [0.29, 0.717) is 18.4 Å². The summed E-state index contributed by atoms with van der Waals surface area (Å²) >= 11 is 0. The van der Waals surface area contributed by atoms with Crippen LogP contribution in [0.4, 0.5) is 0 Å². The van der Waals surface area contributed by atoms with Crippen molar-refractivity contribution in [2.45, 2.75) is 71.4 Å². The number of likely N-dealkylation sites (tertiary alicyclic amines) is 1. The minimum Gasteiger partial charge on any atom is -0.340 e. The SMILES string of the molecule is CCC1CCCCN1C(=O)CCNC(C)(C)C. The number of hydrogen-bond donors (Lipinski definition) is 1. The van der Waals surface area contributed by atoms with Crippen molar-refractivity contribution in [2.24, 2.45) is 0 Å². The van der Waals surface area contributed by atoms with E-state index in [2.05, 4.69) is 37.9 Å². The molecule has 100 valence electrons. The highest BCUT2D eigenvalue weighted by atomic mass is 16.2. The largest absolute Gasteiger partial charge is 0.340 e. The summed E-state index contributed by atoms with van der Waals surface area (Å²) in [6.45, 7) is 10.3. The molecule has 0 radical (unpaired) electrons. The summed E-state index contributed by atoms with van der Waals surface area (Å²) in [4.78, 5) is 14.2. The van der Waals surface area contributed by atoms with E-state index in [1.165, 1.54) is 19.3 Å². The molecule has 17 heavy (non-hydrogen) atoms. The van der Waals surface area contributed by atoms with Gasteiger partial charge < -0.3 is 10.2 Å². The molecular formula is C14H28N2O. The topological polar surface area (TPSA) is 32.3 Å². The van der Waals surface area contributed by atoms with Gasteiger partial charge in [-0.15, -0.1) is 0 Å². The first-order valence-electron chi connectivity index (χ1n) is 6.98. The van der Waals surface area contributed by atoms with Crippen LogP contribution in [0.15, 0.2) is 0 Å². The molecule has 0 aromatic heterocycles. The smallest absolute Gasteiger partial charge is 0.224 e. The van der Waals surface area contributed by atoms with Crippen LogP contribution in [0.3, 0.4) is 0 Å². The molecule has 1 amide bonds. The van der Waals surface area contributed by atoms with Gasteiger partial charge in [0, 0.05) is 31.1 Å². The molecule has 1 fully saturated rings. The number of rotatable bonds is 4. The number of nitrogens with one attached hydrogen (secondary N) is 1. The average Bonchev–Trinajstić information content (AvgIpc) is 2.27. The molecule has 1 aliphatic heterocycles. The highest BCUT2D eigenvalue weighted by molar-refractivity contribution is 5.76. The zero-order chi connectivity index (χ0) is 12.9. The molecule has 3 heteroatoms. The fourth-order valence-corrected chi connectivity index (χ4v) is 2.44. The maximum absolute atomic E-state index is 12.1. The number of piperidine rings is 1. The standard InChI is InChI=1S/C14H28N2O/c1-5-12-8-6-7-11-16(12)13(17)9-10-15-14(2,3)4/h12,15H,5-11H2,1-4H3. The summed E-state index contributed by atoms with van der Waals surface area (Å²) < 4.78 is 0. The lowest BCUT2D eigenvalue weighted by molar-refractivity contribution is -0.134. The average molecular weight is 240 g/mol. The van der Waals surface area contributed by atoms with Gasteiger partial charge in [0.25, 0.3) is 0 Å². The molecule has 0 bridgehead atoms. The first-order valence-corrected chi connectivity index (χ1v) is 6.98. The maximum atomic E-state index is 12.1. The molecule has 1 saturated heterocycles. The van der Waals surface area contributed by atoms with Crippen LogP contribution in [0.25, 0.3) is 0 Å². The van der Waals surface area contributed by atoms with Crippen molar-refractivity contribution >= 4 is 5.91 Å². The van der Waals surface area contributed by atoms with E-state index in [4.69, 9.17) is 0 Å². The van der Waals surface area contributed by atoms with Crippen molar-refractivity contribution in [1.82, 2.24) is 10.2 Å². The lowest BCUT2D eigenvalue weighted by atomic mass is 9.99. The lowest BCUT2D eigenvalue weighted by Crippen LogP contribution is -2.45. The molecule has 1 heterocycles. The molecule has 0 spiro atoms. The lowest BCUT2D eigenvalue weighted by Gasteiger charge is -2.35. The summed E-state index contributed by atoms with van der Waals surface area (Å²) in [6.07, 6.45) is 5.37. The second-order valence-electron chi connectivity index (χ2n) is 6.07. The van der Waals surface area contributed by atoms with E-state index in [9.17, 15) is 4.79 Å². The van der Waals surface area contributed by atoms with Crippen LogP contribution in [0.1, 0.15) is 59.8 Å². The molecule has 3 nitrogen and oxygen atoms in total. The predicted octanol–water partition coefficient (Wildman–Crippen LogP) is 2.56. The van der Waals surface area contributed by atoms with Crippen LogP contribution in [-0.4, -0.2) is 35.5 Å². The molecule has 1 N–H and O–H groups in total. The van der Waals surface area contributed by atoms with Crippen molar-refractivity contribution in [1.29, 1.82) is 0 Å². The Hall–Kier alpha value is -0.570. The Kier molecular flexibility index (Phi) is 5.44. The Labute approximate surface area is 106 Å². The van der Waals surface area contributed by atoms with Crippen molar-refractivity contribution in [3.8, 4) is 0 Å². The number of carbonyl (C=O) groups excluding carboxylic acids is 1. The Morgan fingerprint density at radius 3 is 2.65 bits per heavy atom. The summed E-state index contributed by atoms with van der Waals surface area (Å²) in [6, 6.07) is 0.492. The number of hydrogen-bond acceptors (Lipinski definition) is 2. The maximum Gasteiger partial charge on any atom is 0.224 e. The molecule has 1 unspecified atom stereocenters. The van der Waals surface area contributed by atoms with Gasteiger partial charge in [-0.3, -0.25) is 4.79 Å². The van der Waals surface area contributed by atoms with E-state index in [-0.39, 0.29) is 5.54 Å². The number of carbonyl (C=O) groups is 1. The van der Waals surface area contributed by atoms with Crippen molar-refractivity contribution in [3.05, 3.63) is 0 Å². The molecule has 1 rings (SSSR count). The van der Waals surface area contributed by atoms with Gasteiger partial charge in [0.2, 0.25) is 5.91 Å². The zero-order valence-electron chi connectivity index (χ0n) is 11.9. The Morgan fingerprint density at radius 2 is 2.06 bits per heavy atom. The summed E-state index contributed by atoms with van der Waals surface area (Å²) in [5.41, 5.74) is 0.104. The quantitative estimate of drug-likeness (QED) is 0.819. The Balaban J connectivity index is 2.35. The van der Waals surface area contributed by atoms with Crippen LogP contribution in [-0.2, 0) is 4.79 Å². The first-order chi connectivity index (χ1) is 7.94. The van der Waals surface area contributed by atoms with Gasteiger partial charge in [0.1, 0.15) is 0 Å². The van der Waals surface area contributed by atoms with Crippen LogP contribution >= 0.6 is 0 Å². The van der Waals surface area contributed by atoms with Crippen molar-refractivity contribution < 1.29 is 4.79 Å².